The first-order valence-corrected chi connectivity index (χ1v) is 5.13. The van der Waals surface area contributed by atoms with E-state index in [9.17, 15) is 4.79 Å². The van der Waals surface area contributed by atoms with Gasteiger partial charge in [0.15, 0.2) is 5.78 Å². The van der Waals surface area contributed by atoms with E-state index in [1.54, 1.807) is 0 Å². The van der Waals surface area contributed by atoms with Gasteiger partial charge in [-0.2, -0.15) is 0 Å². The number of hydrogen-bond acceptors (Lipinski definition) is 2. The van der Waals surface area contributed by atoms with Crippen LogP contribution in [-0.4, -0.2) is 18.4 Å². The molecule has 1 heterocycles. The standard InChI is InChI=1S/C12H15NO/c1-10-12(14)8-5-9-13(10)11-6-3-2-4-7-11/h2-4,6-7,10H,5,8-9H2,1H3. The normalized spacial score (nSPS) is 22.5. The first-order chi connectivity index (χ1) is 6.79. The maximum absolute atomic E-state index is 11.5. The molecule has 1 aliphatic heterocycles. The van der Waals surface area contributed by atoms with Gasteiger partial charge in [0.05, 0.1) is 6.04 Å². The summed E-state index contributed by atoms with van der Waals surface area (Å²) in [5.74, 6) is 0.361. The zero-order valence-corrected chi connectivity index (χ0v) is 8.44. The molecule has 0 N–H and O–H groups in total. The molecule has 0 saturated carbocycles. The molecule has 2 heteroatoms. The van der Waals surface area contributed by atoms with Gasteiger partial charge in [0.25, 0.3) is 0 Å². The smallest absolute Gasteiger partial charge is 0.155 e. The Morgan fingerprint density at radius 1 is 1.29 bits per heavy atom. The summed E-state index contributed by atoms with van der Waals surface area (Å²) in [6.45, 7) is 2.99. The molecule has 2 nitrogen and oxygen atoms in total. The van der Waals surface area contributed by atoms with E-state index < -0.39 is 0 Å². The number of rotatable bonds is 1. The Kier molecular flexibility index (Phi) is 2.53. The lowest BCUT2D eigenvalue weighted by Gasteiger charge is -2.34. The SMILES string of the molecule is CC1C(=O)CCCN1c1ccccc1. The molecule has 0 aromatic heterocycles. The predicted octanol–water partition coefficient (Wildman–Crippen LogP) is 2.24. The zero-order chi connectivity index (χ0) is 9.97. The van der Waals surface area contributed by atoms with Crippen molar-refractivity contribution < 1.29 is 4.79 Å². The van der Waals surface area contributed by atoms with Gasteiger partial charge in [-0.15, -0.1) is 0 Å². The highest BCUT2D eigenvalue weighted by atomic mass is 16.1. The third kappa shape index (κ3) is 1.65. The monoisotopic (exact) mass is 189 g/mol. The van der Waals surface area contributed by atoms with E-state index in [4.69, 9.17) is 0 Å². The Morgan fingerprint density at radius 2 is 2.00 bits per heavy atom. The molecule has 1 fully saturated rings. The molecular weight excluding hydrogens is 174 g/mol. The number of hydrogen-bond donors (Lipinski definition) is 0. The number of benzene rings is 1. The fourth-order valence-electron chi connectivity index (χ4n) is 1.97. The fourth-order valence-corrected chi connectivity index (χ4v) is 1.97. The summed E-state index contributed by atoms with van der Waals surface area (Å²) in [5, 5.41) is 0. The summed E-state index contributed by atoms with van der Waals surface area (Å²) in [5.41, 5.74) is 1.16. The molecule has 0 amide bonds. The second-order valence-electron chi connectivity index (χ2n) is 3.77. The fraction of sp³-hybridized carbons (Fsp3) is 0.417. The van der Waals surface area contributed by atoms with Crippen LogP contribution in [0.3, 0.4) is 0 Å². The van der Waals surface area contributed by atoms with Crippen molar-refractivity contribution in [3.8, 4) is 0 Å². The number of carbonyl (C=O) groups is 1. The van der Waals surface area contributed by atoms with Crippen LogP contribution in [0.5, 0.6) is 0 Å². The van der Waals surface area contributed by atoms with E-state index in [-0.39, 0.29) is 6.04 Å². The summed E-state index contributed by atoms with van der Waals surface area (Å²) in [7, 11) is 0. The number of ketones is 1. The van der Waals surface area contributed by atoms with Gasteiger partial charge in [-0.25, -0.2) is 0 Å². The molecule has 74 valence electrons. The highest BCUT2D eigenvalue weighted by Crippen LogP contribution is 2.21. The molecule has 0 spiro atoms. The van der Waals surface area contributed by atoms with E-state index in [0.717, 1.165) is 25.1 Å². The van der Waals surface area contributed by atoms with Crippen LogP contribution in [0.4, 0.5) is 5.69 Å². The molecule has 0 radical (unpaired) electrons. The number of carbonyl (C=O) groups excluding carboxylic acids is 1. The lowest BCUT2D eigenvalue weighted by molar-refractivity contribution is -0.120. The minimum Gasteiger partial charge on any atom is -0.362 e. The van der Waals surface area contributed by atoms with Gasteiger partial charge in [0.2, 0.25) is 0 Å². The van der Waals surface area contributed by atoms with Crippen molar-refractivity contribution in [3.05, 3.63) is 30.3 Å². The number of anilines is 1. The van der Waals surface area contributed by atoms with E-state index in [1.165, 1.54) is 0 Å². The highest BCUT2D eigenvalue weighted by molar-refractivity contribution is 5.88. The van der Waals surface area contributed by atoms with Crippen LogP contribution >= 0.6 is 0 Å². The van der Waals surface area contributed by atoms with Crippen molar-refractivity contribution in [1.82, 2.24) is 0 Å². The van der Waals surface area contributed by atoms with Crippen LogP contribution in [0.1, 0.15) is 19.8 Å². The average Bonchev–Trinajstić information content (AvgIpc) is 2.23. The lowest BCUT2D eigenvalue weighted by atomic mass is 10.0. The van der Waals surface area contributed by atoms with E-state index in [2.05, 4.69) is 17.0 Å². The van der Waals surface area contributed by atoms with Crippen LogP contribution in [-0.2, 0) is 4.79 Å². The van der Waals surface area contributed by atoms with Gasteiger partial charge in [-0.05, 0) is 25.5 Å². The number of nitrogens with zero attached hydrogens (tertiary/aromatic N) is 1. The minimum absolute atomic E-state index is 0.0474. The first kappa shape index (κ1) is 9.25. The third-order valence-electron chi connectivity index (χ3n) is 2.84. The Bertz CT molecular complexity index is 320. The molecule has 1 aromatic carbocycles. The Morgan fingerprint density at radius 3 is 2.71 bits per heavy atom. The largest absolute Gasteiger partial charge is 0.362 e. The van der Waals surface area contributed by atoms with Gasteiger partial charge < -0.3 is 4.90 Å². The van der Waals surface area contributed by atoms with Crippen molar-refractivity contribution >= 4 is 11.5 Å². The van der Waals surface area contributed by atoms with E-state index >= 15 is 0 Å². The number of Topliss-reactive ketones (excluding diaryl/α,β-unsaturated/α-hetero) is 1. The van der Waals surface area contributed by atoms with E-state index in [0.29, 0.717) is 5.78 Å². The van der Waals surface area contributed by atoms with Crippen LogP contribution in [0, 0.1) is 0 Å². The molecule has 0 aliphatic carbocycles. The summed E-state index contributed by atoms with van der Waals surface area (Å²) in [6.07, 6.45) is 1.72. The van der Waals surface area contributed by atoms with Crippen molar-refractivity contribution in [1.29, 1.82) is 0 Å². The maximum Gasteiger partial charge on any atom is 0.155 e. The van der Waals surface area contributed by atoms with Crippen LogP contribution < -0.4 is 4.90 Å². The molecular formula is C12H15NO. The molecule has 1 atom stereocenters. The molecule has 14 heavy (non-hydrogen) atoms. The Balaban J connectivity index is 2.22. The van der Waals surface area contributed by atoms with Crippen molar-refractivity contribution in [2.45, 2.75) is 25.8 Å². The van der Waals surface area contributed by atoms with Gasteiger partial charge in [0.1, 0.15) is 0 Å². The second-order valence-corrected chi connectivity index (χ2v) is 3.77. The van der Waals surface area contributed by atoms with Gasteiger partial charge in [-0.3, -0.25) is 4.79 Å². The van der Waals surface area contributed by atoms with E-state index in [1.807, 2.05) is 25.1 Å². The summed E-state index contributed by atoms with van der Waals surface area (Å²) in [6, 6.07) is 10.2. The second kappa shape index (κ2) is 3.82. The quantitative estimate of drug-likeness (QED) is 0.675. The molecule has 1 aliphatic rings. The Labute approximate surface area is 84.5 Å². The lowest BCUT2D eigenvalue weighted by Crippen LogP contribution is -2.43. The Hall–Kier alpha value is -1.31. The van der Waals surface area contributed by atoms with Crippen molar-refractivity contribution in [2.24, 2.45) is 0 Å². The van der Waals surface area contributed by atoms with Gasteiger partial charge in [-0.1, -0.05) is 18.2 Å². The summed E-state index contributed by atoms with van der Waals surface area (Å²) >= 11 is 0. The molecule has 1 saturated heterocycles. The summed E-state index contributed by atoms with van der Waals surface area (Å²) in [4.78, 5) is 13.7. The molecule has 0 bridgehead atoms. The van der Waals surface area contributed by atoms with Gasteiger partial charge >= 0.3 is 0 Å². The predicted molar refractivity (Wildman–Crippen MR) is 57.5 cm³/mol. The van der Waals surface area contributed by atoms with Crippen LogP contribution in [0.15, 0.2) is 30.3 Å². The molecule has 1 aromatic rings. The van der Waals surface area contributed by atoms with Crippen LogP contribution in [0.2, 0.25) is 0 Å². The first-order valence-electron chi connectivity index (χ1n) is 5.13. The number of piperidine rings is 1. The third-order valence-corrected chi connectivity index (χ3v) is 2.84. The van der Waals surface area contributed by atoms with Gasteiger partial charge in [0, 0.05) is 18.7 Å². The van der Waals surface area contributed by atoms with Crippen LogP contribution in [0.25, 0.3) is 0 Å². The minimum atomic E-state index is 0.0474. The highest BCUT2D eigenvalue weighted by Gasteiger charge is 2.25. The zero-order valence-electron chi connectivity index (χ0n) is 8.44. The topological polar surface area (TPSA) is 20.3 Å². The van der Waals surface area contributed by atoms with Crippen molar-refractivity contribution in [3.63, 3.8) is 0 Å². The molecule has 2 rings (SSSR count). The molecule has 1 unspecified atom stereocenters. The summed E-state index contributed by atoms with van der Waals surface area (Å²) < 4.78 is 0. The number of para-hydroxylation sites is 1. The van der Waals surface area contributed by atoms with Crippen molar-refractivity contribution in [2.75, 3.05) is 11.4 Å². The average molecular weight is 189 g/mol. The maximum atomic E-state index is 11.5.